The first-order valence-corrected chi connectivity index (χ1v) is 11.2. The normalized spacial score (nSPS) is 15.5. The van der Waals surface area contributed by atoms with Gasteiger partial charge in [-0.3, -0.25) is 9.69 Å². The third-order valence-electron chi connectivity index (χ3n) is 6.06. The van der Waals surface area contributed by atoms with Crippen LogP contribution in [0.1, 0.15) is 11.6 Å². The van der Waals surface area contributed by atoms with Crippen molar-refractivity contribution in [1.82, 2.24) is 29.7 Å². The molecule has 2 aromatic heterocycles. The SMILES string of the molecule is O=C(Nc1ccc2c(ccn2CCN2CCOCC2)c1)C(Cc1ccccc1)n1cnnn1. The highest BCUT2D eigenvalue weighted by atomic mass is 16.5. The highest BCUT2D eigenvalue weighted by Gasteiger charge is 2.22. The van der Waals surface area contributed by atoms with Crippen LogP contribution in [0.2, 0.25) is 0 Å². The molecule has 0 bridgehead atoms. The van der Waals surface area contributed by atoms with Crippen LogP contribution in [0.3, 0.4) is 0 Å². The van der Waals surface area contributed by atoms with Crippen LogP contribution in [0.25, 0.3) is 10.9 Å². The molecule has 1 aliphatic heterocycles. The lowest BCUT2D eigenvalue weighted by Crippen LogP contribution is -2.38. The van der Waals surface area contributed by atoms with E-state index in [9.17, 15) is 4.79 Å². The number of carbonyl (C=O) groups excluding carboxylic acids is 1. The maximum atomic E-state index is 13.2. The fraction of sp³-hybridized carbons (Fsp3) is 0.333. The molecule has 3 heterocycles. The molecule has 5 rings (SSSR count). The zero-order valence-electron chi connectivity index (χ0n) is 18.4. The van der Waals surface area contributed by atoms with Crippen molar-refractivity contribution in [3.8, 4) is 0 Å². The second kappa shape index (κ2) is 9.93. The fourth-order valence-corrected chi connectivity index (χ4v) is 4.23. The second-order valence-electron chi connectivity index (χ2n) is 8.22. The Balaban J connectivity index is 1.28. The van der Waals surface area contributed by atoms with E-state index in [1.807, 2.05) is 42.5 Å². The van der Waals surface area contributed by atoms with Gasteiger partial charge in [0.05, 0.1) is 13.2 Å². The van der Waals surface area contributed by atoms with E-state index in [0.29, 0.717) is 6.42 Å². The number of fused-ring (bicyclic) bond motifs is 1. The summed E-state index contributed by atoms with van der Waals surface area (Å²) < 4.78 is 9.19. The number of nitrogens with one attached hydrogen (secondary N) is 1. The summed E-state index contributed by atoms with van der Waals surface area (Å²) >= 11 is 0. The van der Waals surface area contributed by atoms with Crippen molar-refractivity contribution < 1.29 is 9.53 Å². The minimum Gasteiger partial charge on any atom is -0.379 e. The van der Waals surface area contributed by atoms with Crippen LogP contribution in [-0.2, 0) is 22.5 Å². The summed E-state index contributed by atoms with van der Waals surface area (Å²) in [6.07, 6.45) is 4.08. The summed E-state index contributed by atoms with van der Waals surface area (Å²) in [5, 5.41) is 15.5. The molecule has 2 aromatic carbocycles. The second-order valence-corrected chi connectivity index (χ2v) is 8.22. The average Bonchev–Trinajstić information content (AvgIpc) is 3.52. The maximum absolute atomic E-state index is 13.2. The molecule has 0 aliphatic carbocycles. The Morgan fingerprint density at radius 1 is 1.06 bits per heavy atom. The van der Waals surface area contributed by atoms with Gasteiger partial charge >= 0.3 is 0 Å². The highest BCUT2D eigenvalue weighted by molar-refractivity contribution is 5.96. The minimum absolute atomic E-state index is 0.155. The summed E-state index contributed by atoms with van der Waals surface area (Å²) in [4.78, 5) is 15.6. The van der Waals surface area contributed by atoms with E-state index in [4.69, 9.17) is 4.74 Å². The van der Waals surface area contributed by atoms with Gasteiger partial charge in [0.2, 0.25) is 5.91 Å². The number of nitrogens with zero attached hydrogens (tertiary/aromatic N) is 6. The number of benzene rings is 2. The Morgan fingerprint density at radius 2 is 1.91 bits per heavy atom. The number of tetrazole rings is 1. The van der Waals surface area contributed by atoms with Crippen molar-refractivity contribution >= 4 is 22.5 Å². The number of amides is 1. The fourth-order valence-electron chi connectivity index (χ4n) is 4.23. The summed E-state index contributed by atoms with van der Waals surface area (Å²) in [6, 6.07) is 17.4. The van der Waals surface area contributed by atoms with Gasteiger partial charge in [0.1, 0.15) is 12.4 Å². The molecule has 1 atom stereocenters. The molecule has 1 N–H and O–H groups in total. The molecule has 1 unspecified atom stereocenters. The van der Waals surface area contributed by atoms with Crippen LogP contribution in [0.4, 0.5) is 5.69 Å². The molecule has 9 heteroatoms. The van der Waals surface area contributed by atoms with Gasteiger partial charge in [0.15, 0.2) is 0 Å². The Hall–Kier alpha value is -3.56. The van der Waals surface area contributed by atoms with Crippen molar-refractivity contribution in [3.05, 3.63) is 72.7 Å². The lowest BCUT2D eigenvalue weighted by atomic mass is 10.1. The predicted molar refractivity (Wildman–Crippen MR) is 125 cm³/mol. The van der Waals surface area contributed by atoms with Gasteiger partial charge < -0.3 is 14.6 Å². The van der Waals surface area contributed by atoms with Gasteiger partial charge in [-0.15, -0.1) is 5.10 Å². The van der Waals surface area contributed by atoms with E-state index in [0.717, 1.165) is 61.5 Å². The molecule has 170 valence electrons. The number of hydrogen-bond acceptors (Lipinski definition) is 6. The van der Waals surface area contributed by atoms with Gasteiger partial charge in [0.25, 0.3) is 0 Å². The molecule has 0 radical (unpaired) electrons. The number of carbonyl (C=O) groups is 1. The number of ether oxygens (including phenoxy) is 1. The molecule has 1 fully saturated rings. The molecule has 1 amide bonds. The Kier molecular flexibility index (Phi) is 6.41. The molecule has 0 spiro atoms. The molecule has 33 heavy (non-hydrogen) atoms. The predicted octanol–water partition coefficient (Wildman–Crippen LogP) is 2.38. The van der Waals surface area contributed by atoms with Crippen molar-refractivity contribution in [2.75, 3.05) is 38.2 Å². The number of hydrogen-bond donors (Lipinski definition) is 1. The van der Waals surface area contributed by atoms with E-state index < -0.39 is 6.04 Å². The van der Waals surface area contributed by atoms with Crippen molar-refractivity contribution in [3.63, 3.8) is 0 Å². The van der Waals surface area contributed by atoms with Crippen LogP contribution < -0.4 is 5.32 Å². The van der Waals surface area contributed by atoms with Crippen LogP contribution in [-0.4, -0.2) is 68.4 Å². The number of rotatable bonds is 8. The van der Waals surface area contributed by atoms with Gasteiger partial charge in [-0.05, 0) is 40.3 Å². The lowest BCUT2D eigenvalue weighted by Gasteiger charge is -2.26. The Morgan fingerprint density at radius 3 is 2.70 bits per heavy atom. The van der Waals surface area contributed by atoms with Gasteiger partial charge in [0, 0.05) is 55.4 Å². The third kappa shape index (κ3) is 5.10. The van der Waals surface area contributed by atoms with Crippen molar-refractivity contribution in [2.45, 2.75) is 19.0 Å². The first kappa shape index (κ1) is 21.3. The maximum Gasteiger partial charge on any atom is 0.249 e. The first-order valence-electron chi connectivity index (χ1n) is 11.2. The molecular weight excluding hydrogens is 418 g/mol. The quantitative estimate of drug-likeness (QED) is 0.448. The molecule has 0 saturated carbocycles. The highest BCUT2D eigenvalue weighted by Crippen LogP contribution is 2.22. The molecule has 1 aliphatic rings. The topological polar surface area (TPSA) is 90.1 Å². The minimum atomic E-state index is -0.545. The number of morpholine rings is 1. The number of aromatic nitrogens is 5. The smallest absolute Gasteiger partial charge is 0.249 e. The van der Waals surface area contributed by atoms with E-state index in [1.54, 1.807) is 0 Å². The van der Waals surface area contributed by atoms with E-state index >= 15 is 0 Å². The van der Waals surface area contributed by atoms with E-state index in [1.165, 1.54) is 11.0 Å². The van der Waals surface area contributed by atoms with Crippen molar-refractivity contribution in [2.24, 2.45) is 0 Å². The summed E-state index contributed by atoms with van der Waals surface area (Å²) in [5.41, 5.74) is 2.95. The van der Waals surface area contributed by atoms with Crippen molar-refractivity contribution in [1.29, 1.82) is 0 Å². The van der Waals surface area contributed by atoms with Gasteiger partial charge in [-0.25, -0.2) is 4.68 Å². The summed E-state index contributed by atoms with van der Waals surface area (Å²) in [5.74, 6) is -0.155. The van der Waals surface area contributed by atoms with Gasteiger partial charge in [-0.1, -0.05) is 30.3 Å². The largest absolute Gasteiger partial charge is 0.379 e. The summed E-state index contributed by atoms with van der Waals surface area (Å²) in [7, 11) is 0. The lowest BCUT2D eigenvalue weighted by molar-refractivity contribution is -0.119. The zero-order chi connectivity index (χ0) is 22.5. The van der Waals surface area contributed by atoms with Gasteiger partial charge in [-0.2, -0.15) is 0 Å². The van der Waals surface area contributed by atoms with Crippen LogP contribution in [0.15, 0.2) is 67.1 Å². The third-order valence-corrected chi connectivity index (χ3v) is 6.06. The first-order chi connectivity index (χ1) is 16.3. The van der Waals surface area contributed by atoms with E-state index in [-0.39, 0.29) is 5.91 Å². The molecule has 9 nitrogen and oxygen atoms in total. The van der Waals surface area contributed by atoms with E-state index in [2.05, 4.69) is 48.6 Å². The van der Waals surface area contributed by atoms with Crippen LogP contribution >= 0.6 is 0 Å². The molecular formula is C24H27N7O2. The van der Waals surface area contributed by atoms with Crippen LogP contribution in [0, 0.1) is 0 Å². The standard InChI is InChI=1S/C24H27N7O2/c32-24(23(31-18-25-27-28-31)16-19-4-2-1-3-5-19)26-21-6-7-22-20(17-21)8-9-30(22)11-10-29-12-14-33-15-13-29/h1-9,17-18,23H,10-16H2,(H,26,32). The Bertz CT molecular complexity index is 1180. The number of anilines is 1. The Labute approximate surface area is 191 Å². The zero-order valence-corrected chi connectivity index (χ0v) is 18.4. The average molecular weight is 446 g/mol. The van der Waals surface area contributed by atoms with Crippen LogP contribution in [0.5, 0.6) is 0 Å². The molecule has 4 aromatic rings. The molecule has 1 saturated heterocycles. The summed E-state index contributed by atoms with van der Waals surface area (Å²) in [6.45, 7) is 5.52. The monoisotopic (exact) mass is 445 g/mol.